The number of hydrogen-bond donors (Lipinski definition) is 5. The molecule has 3 fully saturated rings. The van der Waals surface area contributed by atoms with Gasteiger partial charge in [0.25, 0.3) is 0 Å². The van der Waals surface area contributed by atoms with E-state index >= 15 is 0 Å². The van der Waals surface area contributed by atoms with Gasteiger partial charge in [0.05, 0.1) is 81.4 Å². The van der Waals surface area contributed by atoms with E-state index in [2.05, 4.69) is 55.4 Å². The Morgan fingerprint density at radius 1 is 0.429 bits per heavy atom. The molecule has 0 bridgehead atoms. The van der Waals surface area contributed by atoms with Crippen molar-refractivity contribution in [3.05, 3.63) is 0 Å². The molecule has 3 heterocycles. The molecule has 3 aliphatic rings. The van der Waals surface area contributed by atoms with Gasteiger partial charge in [-0.3, -0.25) is 0 Å². The van der Waals surface area contributed by atoms with Crippen molar-refractivity contribution in [1.82, 2.24) is 0 Å². The van der Waals surface area contributed by atoms with E-state index in [4.69, 9.17) is 47.4 Å². The van der Waals surface area contributed by atoms with E-state index in [-0.39, 0.29) is 140 Å². The maximum absolute atomic E-state index is 9.68. The monoisotopic (exact) mass is 815 g/mol. The average Bonchev–Trinajstić information content (AvgIpc) is 3.16. The lowest BCUT2D eigenvalue weighted by Gasteiger charge is -2.49. The summed E-state index contributed by atoms with van der Waals surface area (Å²) in [5.74, 6) is -0.464. The summed E-state index contributed by atoms with van der Waals surface area (Å²) in [5, 5.41) is 48.0. The standard InChI is InChI=1S/2C14H28O5.C13H26O5/c1-14(2,3)13-12(18-6)11(17-5)9(7-15)10(19-13)8-16-4;1-14(2,3)13-12(18-5)10(7-16)9(6-15)11(19-13)8-17-4;1-8(2)12-13(17-4)10(6-15)9(5-14)11(18-12)7-16-3/h9-13,15H,7-8H2,1-6H3;9-13,15-16H,6-8H2,1-5H3;8-15H,5-7H2,1-4H3/t9-,10?,11-,12?,13+;9-,10-,11?,12?,13-;9-,10-,11?,12-,13?/m000/s1. The van der Waals surface area contributed by atoms with Gasteiger partial charge in [0.2, 0.25) is 0 Å². The third kappa shape index (κ3) is 14.0. The van der Waals surface area contributed by atoms with Gasteiger partial charge in [-0.25, -0.2) is 0 Å². The van der Waals surface area contributed by atoms with Crippen LogP contribution in [-0.4, -0.2) is 189 Å². The maximum Gasteiger partial charge on any atom is 0.110 e. The predicted molar refractivity (Wildman–Crippen MR) is 211 cm³/mol. The van der Waals surface area contributed by atoms with Gasteiger partial charge in [-0.1, -0.05) is 55.4 Å². The Morgan fingerprint density at radius 2 is 0.750 bits per heavy atom. The largest absolute Gasteiger partial charge is 0.396 e. The molecular weight excluding hydrogens is 732 g/mol. The van der Waals surface area contributed by atoms with Crippen LogP contribution in [0.1, 0.15) is 55.4 Å². The zero-order valence-corrected chi connectivity index (χ0v) is 37.2. The quantitative estimate of drug-likeness (QED) is 0.152. The van der Waals surface area contributed by atoms with E-state index in [1.165, 1.54) is 0 Å². The highest BCUT2D eigenvalue weighted by molar-refractivity contribution is 4.99. The number of rotatable bonds is 16. The van der Waals surface area contributed by atoms with E-state index in [0.29, 0.717) is 19.8 Å². The molecule has 0 aromatic heterocycles. The van der Waals surface area contributed by atoms with E-state index in [1.807, 2.05) is 0 Å². The number of hydrogen-bond acceptors (Lipinski definition) is 15. The van der Waals surface area contributed by atoms with Gasteiger partial charge < -0.3 is 72.9 Å². The summed E-state index contributed by atoms with van der Waals surface area (Å²) in [5.41, 5.74) is -0.190. The topological polar surface area (TPSA) is 193 Å². The number of aliphatic hydroxyl groups is 5. The van der Waals surface area contributed by atoms with Crippen molar-refractivity contribution in [2.24, 2.45) is 46.3 Å². The van der Waals surface area contributed by atoms with Crippen molar-refractivity contribution in [2.45, 2.75) is 116 Å². The van der Waals surface area contributed by atoms with Crippen molar-refractivity contribution in [1.29, 1.82) is 0 Å². The summed E-state index contributed by atoms with van der Waals surface area (Å²) < 4.78 is 56.0. The lowest BCUT2D eigenvalue weighted by Crippen LogP contribution is -2.61. The first-order valence-corrected chi connectivity index (χ1v) is 20.0. The van der Waals surface area contributed by atoms with Gasteiger partial charge in [0.1, 0.15) is 6.10 Å². The van der Waals surface area contributed by atoms with Crippen molar-refractivity contribution < 1.29 is 72.9 Å². The molecule has 3 rings (SSSR count). The van der Waals surface area contributed by atoms with Gasteiger partial charge in [0.15, 0.2) is 0 Å². The molecule has 3 saturated heterocycles. The Morgan fingerprint density at radius 3 is 1.05 bits per heavy atom. The molecular formula is C41H82O15. The lowest BCUT2D eigenvalue weighted by molar-refractivity contribution is -0.252. The lowest BCUT2D eigenvalue weighted by atomic mass is 9.73. The van der Waals surface area contributed by atoms with Crippen molar-refractivity contribution in [2.75, 3.05) is 103 Å². The fourth-order valence-electron chi connectivity index (χ4n) is 8.54. The summed E-state index contributed by atoms with van der Waals surface area (Å²) >= 11 is 0. The molecule has 56 heavy (non-hydrogen) atoms. The summed E-state index contributed by atoms with van der Waals surface area (Å²) in [6, 6.07) is 0. The first-order valence-electron chi connectivity index (χ1n) is 20.0. The van der Waals surface area contributed by atoms with Crippen LogP contribution in [0.5, 0.6) is 0 Å². The predicted octanol–water partition coefficient (Wildman–Crippen LogP) is 2.05. The van der Waals surface area contributed by atoms with Crippen LogP contribution in [0.15, 0.2) is 0 Å². The van der Waals surface area contributed by atoms with Crippen LogP contribution in [-0.2, 0) is 47.4 Å². The second-order valence-corrected chi connectivity index (χ2v) is 17.7. The minimum absolute atomic E-state index is 0.0107. The Bertz CT molecular complexity index is 952. The molecule has 0 amide bonds. The van der Waals surface area contributed by atoms with E-state index in [1.54, 1.807) is 49.8 Å². The van der Waals surface area contributed by atoms with Crippen LogP contribution in [0.25, 0.3) is 0 Å². The number of aliphatic hydroxyl groups excluding tert-OH is 5. The van der Waals surface area contributed by atoms with Crippen molar-refractivity contribution in [3.63, 3.8) is 0 Å². The maximum atomic E-state index is 9.68. The molecule has 336 valence electrons. The zero-order valence-electron chi connectivity index (χ0n) is 37.2. The first-order chi connectivity index (χ1) is 26.4. The van der Waals surface area contributed by atoms with Crippen molar-refractivity contribution >= 4 is 0 Å². The number of ether oxygens (including phenoxy) is 10. The Labute approximate surface area is 337 Å². The molecule has 0 radical (unpaired) electrons. The second-order valence-electron chi connectivity index (χ2n) is 17.7. The van der Waals surface area contributed by atoms with E-state index in [9.17, 15) is 25.5 Å². The summed E-state index contributed by atoms with van der Waals surface area (Å²) in [7, 11) is 11.4. The van der Waals surface area contributed by atoms with Crippen LogP contribution >= 0.6 is 0 Å². The van der Waals surface area contributed by atoms with Gasteiger partial charge in [-0.15, -0.1) is 0 Å². The van der Waals surface area contributed by atoms with Gasteiger partial charge in [0, 0.05) is 106 Å². The minimum Gasteiger partial charge on any atom is -0.396 e. The molecule has 15 nitrogen and oxygen atoms in total. The van der Waals surface area contributed by atoms with Crippen LogP contribution in [0.4, 0.5) is 0 Å². The Balaban J connectivity index is 0.000000420. The molecule has 6 unspecified atom stereocenters. The minimum atomic E-state index is -0.227. The summed E-state index contributed by atoms with van der Waals surface area (Å²) in [6.07, 6.45) is -1.76. The smallest absolute Gasteiger partial charge is 0.110 e. The fourth-order valence-corrected chi connectivity index (χ4v) is 8.54. The van der Waals surface area contributed by atoms with E-state index < -0.39 is 0 Å². The van der Waals surface area contributed by atoms with Crippen LogP contribution in [0.2, 0.25) is 0 Å². The molecule has 3 aliphatic heterocycles. The molecule has 0 saturated carbocycles. The van der Waals surface area contributed by atoms with Gasteiger partial charge in [-0.2, -0.15) is 0 Å². The second kappa shape index (κ2) is 25.9. The average molecular weight is 815 g/mol. The normalized spacial score (nSPS) is 36.7. The highest BCUT2D eigenvalue weighted by atomic mass is 16.6. The summed E-state index contributed by atoms with van der Waals surface area (Å²) in [6.45, 7) is 17.8. The molecule has 0 aromatic carbocycles. The van der Waals surface area contributed by atoms with E-state index in [0.717, 1.165) is 0 Å². The number of methoxy groups -OCH3 is 7. The molecule has 5 N–H and O–H groups in total. The van der Waals surface area contributed by atoms with Crippen LogP contribution in [0, 0.1) is 46.3 Å². The Kier molecular flexibility index (Phi) is 24.7. The Hall–Kier alpha value is -0.600. The SMILES string of the molecule is COCC1O[C@@H](C(C)(C)C)C(OC)[C@@H](OC)[C@H]1CO.COCC1O[C@@H](C(C)C)C(OC)[C@@H](CO)[C@@H]1CO.COCC1O[C@H](C(C)(C)C)C(OC)[C@@H](CO)[C@@H]1CO. The third-order valence-corrected chi connectivity index (χ3v) is 11.5. The van der Waals surface area contributed by atoms with Crippen LogP contribution < -0.4 is 0 Å². The molecule has 15 heteroatoms. The first kappa shape index (κ1) is 53.4. The molecule has 15 atom stereocenters. The zero-order chi connectivity index (χ0) is 43.0. The highest BCUT2D eigenvalue weighted by Gasteiger charge is 2.51. The van der Waals surface area contributed by atoms with Crippen LogP contribution in [0.3, 0.4) is 0 Å². The molecule has 0 aromatic rings. The molecule has 0 spiro atoms. The highest BCUT2D eigenvalue weighted by Crippen LogP contribution is 2.41. The summed E-state index contributed by atoms with van der Waals surface area (Å²) in [4.78, 5) is 0. The van der Waals surface area contributed by atoms with Gasteiger partial charge in [-0.05, 0) is 16.7 Å². The van der Waals surface area contributed by atoms with Gasteiger partial charge >= 0.3 is 0 Å². The van der Waals surface area contributed by atoms with Crippen molar-refractivity contribution in [3.8, 4) is 0 Å². The third-order valence-electron chi connectivity index (χ3n) is 11.5. The molecule has 0 aliphatic carbocycles. The fraction of sp³-hybridized carbons (Fsp3) is 1.00.